The highest BCUT2D eigenvalue weighted by molar-refractivity contribution is 6.76. The Labute approximate surface area is 68.6 Å². The van der Waals surface area contributed by atoms with E-state index in [0.29, 0.717) is 6.61 Å². The third-order valence-electron chi connectivity index (χ3n) is 1.11. The van der Waals surface area contributed by atoms with E-state index in [9.17, 15) is 4.79 Å². The van der Waals surface area contributed by atoms with E-state index >= 15 is 0 Å². The highest BCUT2D eigenvalue weighted by atomic mass is 28.3. The first kappa shape index (κ1) is 10.6. The van der Waals surface area contributed by atoms with Crippen LogP contribution >= 0.6 is 0 Å². The van der Waals surface area contributed by atoms with Crippen molar-refractivity contribution in [2.45, 2.75) is 32.6 Å². The zero-order valence-corrected chi connectivity index (χ0v) is 8.64. The van der Waals surface area contributed by atoms with Gasteiger partial charge in [0.1, 0.15) is 0 Å². The molecule has 0 saturated carbocycles. The van der Waals surface area contributed by atoms with Crippen LogP contribution in [0.2, 0.25) is 25.7 Å². The summed E-state index contributed by atoms with van der Waals surface area (Å²) in [5, 5.41) is 0. The molecule has 0 aliphatic heterocycles. The van der Waals surface area contributed by atoms with Crippen molar-refractivity contribution < 1.29 is 14.6 Å². The van der Waals surface area contributed by atoms with Crippen LogP contribution in [-0.4, -0.2) is 20.7 Å². The molecule has 3 nitrogen and oxygen atoms in total. The van der Waals surface area contributed by atoms with Crippen molar-refractivity contribution in [2.75, 3.05) is 6.61 Å². The van der Waals surface area contributed by atoms with E-state index in [2.05, 4.69) is 29.4 Å². The molecule has 4 heteroatoms. The van der Waals surface area contributed by atoms with Gasteiger partial charge in [0.15, 0.2) is 0 Å². The van der Waals surface area contributed by atoms with E-state index in [-0.39, 0.29) is 5.97 Å². The molecule has 0 amide bonds. The molecule has 0 heterocycles. The average Bonchev–Trinajstić information content (AvgIpc) is 1.78. The van der Waals surface area contributed by atoms with E-state index < -0.39 is 8.07 Å². The molecule has 0 bridgehead atoms. The lowest BCUT2D eigenvalue weighted by Crippen LogP contribution is -2.21. The molecule has 0 atom stereocenters. The van der Waals surface area contributed by atoms with Crippen LogP contribution in [0.5, 0.6) is 0 Å². The average molecular weight is 176 g/mol. The van der Waals surface area contributed by atoms with Gasteiger partial charge in [0.2, 0.25) is 0 Å². The lowest BCUT2D eigenvalue weighted by Gasteiger charge is -2.13. The second kappa shape index (κ2) is 4.51. The molecule has 0 saturated heterocycles. The van der Waals surface area contributed by atoms with E-state index in [1.807, 2.05) is 0 Å². The van der Waals surface area contributed by atoms with Gasteiger partial charge in [-0.2, -0.15) is 4.89 Å². The largest absolute Gasteiger partial charge is 0.339 e. The lowest BCUT2D eigenvalue weighted by molar-refractivity contribution is -0.267. The van der Waals surface area contributed by atoms with Gasteiger partial charge in [-0.05, 0) is 6.04 Å². The molecule has 0 aromatic rings. The van der Waals surface area contributed by atoms with Crippen LogP contribution in [0, 0.1) is 0 Å². The van der Waals surface area contributed by atoms with Crippen LogP contribution in [0.3, 0.4) is 0 Å². The van der Waals surface area contributed by atoms with E-state index in [1.165, 1.54) is 6.92 Å². The standard InChI is InChI=1S/C7H16O3Si/c1-7(8)10-9-5-6-11(2,3)4/h5-6H2,1-4H3. The predicted octanol–water partition coefficient (Wildman–Crippen LogP) is 1.82. The molecular formula is C7H16O3Si. The van der Waals surface area contributed by atoms with Crippen LogP contribution in [0.15, 0.2) is 0 Å². The maximum absolute atomic E-state index is 10.2. The van der Waals surface area contributed by atoms with Gasteiger partial charge >= 0.3 is 5.97 Å². The summed E-state index contributed by atoms with van der Waals surface area (Å²) in [6.45, 7) is 8.57. The first-order valence-electron chi connectivity index (χ1n) is 3.72. The van der Waals surface area contributed by atoms with E-state index in [4.69, 9.17) is 0 Å². The number of carbonyl (C=O) groups excluding carboxylic acids is 1. The molecule has 0 aromatic heterocycles. The first-order valence-corrected chi connectivity index (χ1v) is 7.42. The second-order valence-electron chi connectivity index (χ2n) is 3.71. The fraction of sp³-hybridized carbons (Fsp3) is 0.857. The molecule has 0 aliphatic rings. The van der Waals surface area contributed by atoms with Crippen molar-refractivity contribution in [3.63, 3.8) is 0 Å². The topological polar surface area (TPSA) is 35.5 Å². The summed E-state index contributed by atoms with van der Waals surface area (Å²) in [4.78, 5) is 19.2. The molecule has 0 rings (SSSR count). The van der Waals surface area contributed by atoms with Gasteiger partial charge in [-0.25, -0.2) is 4.79 Å². The quantitative estimate of drug-likeness (QED) is 0.284. The van der Waals surface area contributed by atoms with Crippen molar-refractivity contribution in [1.29, 1.82) is 0 Å². The Kier molecular flexibility index (Phi) is 4.36. The highest BCUT2D eigenvalue weighted by Crippen LogP contribution is 2.07. The Morgan fingerprint density at radius 3 is 2.27 bits per heavy atom. The normalized spacial score (nSPS) is 11.3. The van der Waals surface area contributed by atoms with Gasteiger partial charge in [0.05, 0.1) is 6.61 Å². The fourth-order valence-electron chi connectivity index (χ4n) is 0.473. The molecule has 0 fully saturated rings. The minimum absolute atomic E-state index is 0.388. The van der Waals surface area contributed by atoms with Crippen molar-refractivity contribution in [3.05, 3.63) is 0 Å². The van der Waals surface area contributed by atoms with Gasteiger partial charge in [0.25, 0.3) is 0 Å². The predicted molar refractivity (Wildman–Crippen MR) is 45.9 cm³/mol. The fourth-order valence-corrected chi connectivity index (χ4v) is 1.17. The summed E-state index contributed by atoms with van der Waals surface area (Å²) in [7, 11) is -1.05. The van der Waals surface area contributed by atoms with Crippen molar-refractivity contribution in [2.24, 2.45) is 0 Å². The number of carbonyl (C=O) groups is 1. The summed E-state index contributed by atoms with van der Waals surface area (Å²) in [6, 6.07) is 1.01. The van der Waals surface area contributed by atoms with Crippen LogP contribution in [0.1, 0.15) is 6.92 Å². The SMILES string of the molecule is CC(=O)OOCC[Si](C)(C)C. The smallest absolute Gasteiger partial charge is 0.299 e. The highest BCUT2D eigenvalue weighted by Gasteiger charge is 2.12. The van der Waals surface area contributed by atoms with E-state index in [1.54, 1.807) is 0 Å². The third-order valence-corrected chi connectivity index (χ3v) is 2.82. The van der Waals surface area contributed by atoms with Crippen LogP contribution in [-0.2, 0) is 14.6 Å². The minimum atomic E-state index is -1.05. The molecule has 0 N–H and O–H groups in total. The monoisotopic (exact) mass is 176 g/mol. The first-order chi connectivity index (χ1) is 4.92. The maximum Gasteiger partial charge on any atom is 0.339 e. The Balaban J connectivity index is 3.22. The van der Waals surface area contributed by atoms with Crippen LogP contribution in [0.4, 0.5) is 0 Å². The molecule has 0 radical (unpaired) electrons. The van der Waals surface area contributed by atoms with Crippen molar-refractivity contribution in [1.82, 2.24) is 0 Å². The molecule has 0 aliphatic carbocycles. The van der Waals surface area contributed by atoms with Gasteiger partial charge in [-0.1, -0.05) is 19.6 Å². The summed E-state index contributed by atoms with van der Waals surface area (Å²) >= 11 is 0. The van der Waals surface area contributed by atoms with E-state index in [0.717, 1.165) is 6.04 Å². The van der Waals surface area contributed by atoms with Gasteiger partial charge in [-0.3, -0.25) is 4.89 Å². The number of rotatable bonds is 4. The number of hydrogen-bond donors (Lipinski definition) is 0. The summed E-state index contributed by atoms with van der Waals surface area (Å²) in [6.07, 6.45) is 0. The number of hydrogen-bond acceptors (Lipinski definition) is 3. The summed E-state index contributed by atoms with van der Waals surface area (Å²) in [5.41, 5.74) is 0. The van der Waals surface area contributed by atoms with Crippen molar-refractivity contribution >= 4 is 14.0 Å². The Hall–Kier alpha value is -0.353. The summed E-state index contributed by atoms with van der Waals surface area (Å²) < 4.78 is 0. The Morgan fingerprint density at radius 2 is 1.91 bits per heavy atom. The zero-order valence-electron chi connectivity index (χ0n) is 7.64. The third kappa shape index (κ3) is 9.65. The zero-order chi connectivity index (χ0) is 8.91. The minimum Gasteiger partial charge on any atom is -0.299 e. The molecule has 0 aromatic carbocycles. The Bertz CT molecular complexity index is 128. The summed E-state index contributed by atoms with van der Waals surface area (Å²) in [5.74, 6) is -0.388. The van der Waals surface area contributed by atoms with Crippen LogP contribution in [0.25, 0.3) is 0 Å². The molecule has 0 unspecified atom stereocenters. The van der Waals surface area contributed by atoms with Gasteiger partial charge in [0, 0.05) is 15.0 Å². The van der Waals surface area contributed by atoms with Crippen molar-refractivity contribution in [3.8, 4) is 0 Å². The second-order valence-corrected chi connectivity index (χ2v) is 9.33. The lowest BCUT2D eigenvalue weighted by atomic mass is 10.8. The van der Waals surface area contributed by atoms with Crippen LogP contribution < -0.4 is 0 Å². The molecule has 66 valence electrons. The van der Waals surface area contributed by atoms with Gasteiger partial charge in [-0.15, -0.1) is 0 Å². The maximum atomic E-state index is 10.2. The Morgan fingerprint density at radius 1 is 1.36 bits per heavy atom. The molecular weight excluding hydrogens is 160 g/mol. The van der Waals surface area contributed by atoms with Gasteiger partial charge < -0.3 is 0 Å². The molecule has 0 spiro atoms. The molecule has 11 heavy (non-hydrogen) atoms.